The van der Waals surface area contributed by atoms with Gasteiger partial charge in [-0.2, -0.15) is 0 Å². The molecule has 0 radical (unpaired) electrons. The molecule has 0 bridgehead atoms. The number of ether oxygens (including phenoxy) is 2. The van der Waals surface area contributed by atoms with E-state index in [1.54, 1.807) is 13.8 Å². The van der Waals surface area contributed by atoms with Crippen LogP contribution in [-0.2, 0) is 14.3 Å². The molecule has 0 aromatic heterocycles. The summed E-state index contributed by atoms with van der Waals surface area (Å²) in [7, 11) is 0. The first-order valence-electron chi connectivity index (χ1n) is 6.49. The SMILES string of the molecule is CCOC(=O)NN(C(=O)OCC)[C@H](/C=C/C=O)C(C)C. The highest BCUT2D eigenvalue weighted by atomic mass is 16.6. The van der Waals surface area contributed by atoms with Crippen LogP contribution in [0.2, 0.25) is 0 Å². The Morgan fingerprint density at radius 1 is 1.20 bits per heavy atom. The Morgan fingerprint density at radius 2 is 1.80 bits per heavy atom. The summed E-state index contributed by atoms with van der Waals surface area (Å²) in [5.74, 6) is -0.0440. The summed E-state index contributed by atoms with van der Waals surface area (Å²) in [4.78, 5) is 33.8. The van der Waals surface area contributed by atoms with E-state index in [1.807, 2.05) is 13.8 Å². The first-order chi connectivity index (χ1) is 9.47. The Morgan fingerprint density at radius 3 is 2.25 bits per heavy atom. The van der Waals surface area contributed by atoms with Gasteiger partial charge >= 0.3 is 12.2 Å². The number of aldehydes is 1. The molecule has 0 aromatic rings. The fourth-order valence-electron chi connectivity index (χ4n) is 1.46. The van der Waals surface area contributed by atoms with Crippen molar-refractivity contribution >= 4 is 18.5 Å². The molecule has 7 nitrogen and oxygen atoms in total. The average Bonchev–Trinajstić information content (AvgIpc) is 2.38. The number of allylic oxidation sites excluding steroid dienone is 1. The van der Waals surface area contributed by atoms with Crippen LogP contribution in [0.5, 0.6) is 0 Å². The molecule has 0 aromatic carbocycles. The second kappa shape index (κ2) is 9.82. The maximum atomic E-state index is 11.9. The number of hydrogen-bond donors (Lipinski definition) is 1. The lowest BCUT2D eigenvalue weighted by Crippen LogP contribution is -2.53. The number of hydrazine groups is 1. The number of hydrogen-bond acceptors (Lipinski definition) is 5. The Hall–Kier alpha value is -2.05. The van der Waals surface area contributed by atoms with Crippen molar-refractivity contribution in [1.29, 1.82) is 0 Å². The van der Waals surface area contributed by atoms with Crippen molar-refractivity contribution in [3.8, 4) is 0 Å². The van der Waals surface area contributed by atoms with Gasteiger partial charge in [0.25, 0.3) is 0 Å². The molecule has 20 heavy (non-hydrogen) atoms. The minimum atomic E-state index is -0.759. The second-order valence-corrected chi connectivity index (χ2v) is 4.16. The molecule has 1 atom stereocenters. The maximum Gasteiger partial charge on any atom is 0.429 e. The fraction of sp³-hybridized carbons (Fsp3) is 0.615. The van der Waals surface area contributed by atoms with Gasteiger partial charge in [-0.25, -0.2) is 20.0 Å². The molecule has 0 unspecified atom stereocenters. The molecule has 2 amide bonds. The fourth-order valence-corrected chi connectivity index (χ4v) is 1.46. The van der Waals surface area contributed by atoms with E-state index in [1.165, 1.54) is 12.2 Å². The number of amides is 2. The first kappa shape index (κ1) is 17.9. The Balaban J connectivity index is 5.12. The largest absolute Gasteiger partial charge is 0.449 e. The van der Waals surface area contributed by atoms with E-state index in [4.69, 9.17) is 9.47 Å². The van der Waals surface area contributed by atoms with Gasteiger partial charge in [-0.1, -0.05) is 19.9 Å². The molecule has 0 aliphatic rings. The zero-order chi connectivity index (χ0) is 15.5. The van der Waals surface area contributed by atoms with Crippen molar-refractivity contribution < 1.29 is 23.9 Å². The standard InChI is InChI=1S/C13H22N2O5/c1-5-19-12(17)14-15(13(18)20-6-2)11(10(3)4)8-7-9-16/h7-11H,5-6H2,1-4H3,(H,14,17)/b8-7+/t11-/m1/s1. The quantitative estimate of drug-likeness (QED) is 0.458. The van der Waals surface area contributed by atoms with Gasteiger partial charge in [0.2, 0.25) is 0 Å². The van der Waals surface area contributed by atoms with Gasteiger partial charge < -0.3 is 9.47 Å². The molecule has 0 saturated carbocycles. The van der Waals surface area contributed by atoms with E-state index in [2.05, 4.69) is 5.43 Å². The van der Waals surface area contributed by atoms with E-state index in [0.29, 0.717) is 6.29 Å². The van der Waals surface area contributed by atoms with Crippen LogP contribution in [0.4, 0.5) is 9.59 Å². The summed E-state index contributed by atoms with van der Waals surface area (Å²) in [6, 6.07) is -0.524. The van der Waals surface area contributed by atoms with E-state index >= 15 is 0 Å². The molecule has 1 N–H and O–H groups in total. The Kier molecular flexibility index (Phi) is 8.82. The van der Waals surface area contributed by atoms with Crippen LogP contribution in [0.15, 0.2) is 12.2 Å². The predicted molar refractivity (Wildman–Crippen MR) is 72.8 cm³/mol. The summed E-state index contributed by atoms with van der Waals surface area (Å²) in [5.41, 5.74) is 2.32. The van der Waals surface area contributed by atoms with Gasteiger partial charge in [-0.05, 0) is 25.8 Å². The van der Waals surface area contributed by atoms with Crippen molar-refractivity contribution in [2.24, 2.45) is 5.92 Å². The van der Waals surface area contributed by atoms with E-state index in [-0.39, 0.29) is 19.1 Å². The molecular weight excluding hydrogens is 264 g/mol. The predicted octanol–water partition coefficient (Wildman–Crippen LogP) is 1.89. The molecular formula is C13H22N2O5. The third kappa shape index (κ3) is 6.21. The second-order valence-electron chi connectivity index (χ2n) is 4.16. The Labute approximate surface area is 118 Å². The lowest BCUT2D eigenvalue weighted by molar-refractivity contribution is -0.104. The van der Waals surface area contributed by atoms with Gasteiger partial charge in [-0.3, -0.25) is 4.79 Å². The highest BCUT2D eigenvalue weighted by molar-refractivity contribution is 5.74. The normalized spacial score (nSPS) is 12.1. The van der Waals surface area contributed by atoms with Crippen LogP contribution in [-0.4, -0.2) is 42.7 Å². The van der Waals surface area contributed by atoms with Gasteiger partial charge in [0.1, 0.15) is 6.29 Å². The van der Waals surface area contributed by atoms with Crippen molar-refractivity contribution in [2.75, 3.05) is 13.2 Å². The molecule has 0 heterocycles. The van der Waals surface area contributed by atoms with E-state index < -0.39 is 18.2 Å². The Bertz CT molecular complexity index is 355. The number of nitrogens with one attached hydrogen (secondary N) is 1. The third-order valence-electron chi connectivity index (χ3n) is 2.32. The van der Waals surface area contributed by atoms with Gasteiger partial charge in [-0.15, -0.1) is 0 Å². The highest BCUT2D eigenvalue weighted by Gasteiger charge is 2.27. The molecule has 0 aliphatic heterocycles. The van der Waals surface area contributed by atoms with Crippen molar-refractivity contribution in [3.63, 3.8) is 0 Å². The van der Waals surface area contributed by atoms with Gasteiger partial charge in [0, 0.05) is 0 Å². The van der Waals surface area contributed by atoms with Crippen LogP contribution in [0.3, 0.4) is 0 Å². The summed E-state index contributed by atoms with van der Waals surface area (Å²) < 4.78 is 9.63. The topological polar surface area (TPSA) is 84.9 Å². The monoisotopic (exact) mass is 286 g/mol. The average molecular weight is 286 g/mol. The lowest BCUT2D eigenvalue weighted by Gasteiger charge is -2.30. The van der Waals surface area contributed by atoms with Crippen molar-refractivity contribution in [2.45, 2.75) is 33.7 Å². The van der Waals surface area contributed by atoms with Gasteiger partial charge in [0.05, 0.1) is 19.3 Å². The smallest absolute Gasteiger partial charge is 0.429 e. The molecule has 0 fully saturated rings. The summed E-state index contributed by atoms with van der Waals surface area (Å²) in [5, 5.41) is 1.02. The van der Waals surface area contributed by atoms with Crippen molar-refractivity contribution in [1.82, 2.24) is 10.4 Å². The number of carbonyl (C=O) groups excluding carboxylic acids is 3. The number of rotatable bonds is 6. The van der Waals surface area contributed by atoms with Crippen LogP contribution in [0.1, 0.15) is 27.7 Å². The van der Waals surface area contributed by atoms with Gasteiger partial charge in [0.15, 0.2) is 0 Å². The minimum absolute atomic E-state index is 0.0440. The summed E-state index contributed by atoms with van der Waals surface area (Å²) in [6.07, 6.45) is 1.91. The molecule has 0 aliphatic carbocycles. The van der Waals surface area contributed by atoms with Crippen LogP contribution in [0, 0.1) is 5.92 Å². The third-order valence-corrected chi connectivity index (χ3v) is 2.32. The highest BCUT2D eigenvalue weighted by Crippen LogP contribution is 2.12. The van der Waals surface area contributed by atoms with E-state index in [9.17, 15) is 14.4 Å². The molecule has 0 spiro atoms. The molecule has 0 saturated heterocycles. The van der Waals surface area contributed by atoms with E-state index in [0.717, 1.165) is 5.01 Å². The molecule has 114 valence electrons. The number of carbonyl (C=O) groups is 3. The number of nitrogens with zero attached hydrogens (tertiary/aromatic N) is 1. The zero-order valence-electron chi connectivity index (χ0n) is 12.3. The summed E-state index contributed by atoms with van der Waals surface area (Å²) >= 11 is 0. The maximum absolute atomic E-state index is 11.9. The summed E-state index contributed by atoms with van der Waals surface area (Å²) in [6.45, 7) is 7.35. The van der Waals surface area contributed by atoms with Crippen molar-refractivity contribution in [3.05, 3.63) is 12.2 Å². The molecule has 0 rings (SSSR count). The minimum Gasteiger partial charge on any atom is -0.449 e. The lowest BCUT2D eigenvalue weighted by atomic mass is 10.0. The van der Waals surface area contributed by atoms with Crippen LogP contribution < -0.4 is 5.43 Å². The zero-order valence-corrected chi connectivity index (χ0v) is 12.3. The van der Waals surface area contributed by atoms with Crippen LogP contribution in [0.25, 0.3) is 0 Å². The van der Waals surface area contributed by atoms with Crippen LogP contribution >= 0.6 is 0 Å². The first-order valence-corrected chi connectivity index (χ1v) is 6.49. The molecule has 7 heteroatoms.